The van der Waals surface area contributed by atoms with Gasteiger partial charge in [0.15, 0.2) is 5.71 Å². The molecule has 15 heavy (non-hydrogen) atoms. The molecule has 4 nitrogen and oxygen atoms in total. The Bertz CT molecular complexity index is 459. The number of thiazole rings is 2. The van der Waals surface area contributed by atoms with Gasteiger partial charge in [-0.1, -0.05) is 5.16 Å². The van der Waals surface area contributed by atoms with Crippen molar-refractivity contribution >= 4 is 28.4 Å². The maximum absolute atomic E-state index is 8.97. The fourth-order valence-corrected chi connectivity index (χ4v) is 2.52. The normalized spacial score (nSPS) is 12.0. The summed E-state index contributed by atoms with van der Waals surface area (Å²) >= 11 is 2.97. The highest BCUT2D eigenvalue weighted by molar-refractivity contribution is 7.12. The van der Waals surface area contributed by atoms with Crippen LogP contribution in [0.3, 0.4) is 0 Å². The van der Waals surface area contributed by atoms with Crippen molar-refractivity contribution in [2.75, 3.05) is 0 Å². The summed E-state index contributed by atoms with van der Waals surface area (Å²) in [5, 5.41) is 17.7. The summed E-state index contributed by atoms with van der Waals surface area (Å²) in [6, 6.07) is 0. The van der Waals surface area contributed by atoms with E-state index >= 15 is 0 Å². The molecule has 0 aliphatic carbocycles. The van der Waals surface area contributed by atoms with Gasteiger partial charge in [0.2, 0.25) is 0 Å². The number of oxime groups is 1. The lowest BCUT2D eigenvalue weighted by Gasteiger charge is -1.94. The van der Waals surface area contributed by atoms with Crippen molar-refractivity contribution in [3.05, 3.63) is 32.2 Å². The third kappa shape index (κ3) is 2.05. The van der Waals surface area contributed by atoms with Gasteiger partial charge < -0.3 is 5.21 Å². The molecule has 2 heterocycles. The van der Waals surface area contributed by atoms with Crippen molar-refractivity contribution < 1.29 is 5.21 Å². The molecule has 0 aromatic carbocycles. The lowest BCUT2D eigenvalue weighted by molar-refractivity contribution is 0.319. The van der Waals surface area contributed by atoms with Gasteiger partial charge in [-0.25, -0.2) is 9.97 Å². The van der Waals surface area contributed by atoms with Crippen molar-refractivity contribution in [2.45, 2.75) is 13.8 Å². The minimum atomic E-state index is 0.442. The predicted molar refractivity (Wildman–Crippen MR) is 61.1 cm³/mol. The van der Waals surface area contributed by atoms with E-state index in [1.165, 1.54) is 22.7 Å². The summed E-state index contributed by atoms with van der Waals surface area (Å²) < 4.78 is 0. The first-order valence-electron chi connectivity index (χ1n) is 4.28. The maximum atomic E-state index is 8.97. The van der Waals surface area contributed by atoms with Gasteiger partial charge in [-0.3, -0.25) is 0 Å². The van der Waals surface area contributed by atoms with Crippen LogP contribution in [0.25, 0.3) is 0 Å². The molecule has 1 N–H and O–H groups in total. The number of hydrogen-bond donors (Lipinski definition) is 1. The summed E-state index contributed by atoms with van der Waals surface area (Å²) in [4.78, 5) is 8.52. The lowest BCUT2D eigenvalue weighted by atomic mass is 10.3. The second kappa shape index (κ2) is 4.08. The number of aryl methyl sites for hydroxylation is 2. The van der Waals surface area contributed by atoms with E-state index in [1.54, 1.807) is 0 Å². The minimum absolute atomic E-state index is 0.442. The third-order valence-electron chi connectivity index (χ3n) is 1.78. The molecule has 0 aliphatic heterocycles. The second-order valence-electron chi connectivity index (χ2n) is 2.99. The molecule has 2 aromatic heterocycles. The molecule has 2 aromatic rings. The van der Waals surface area contributed by atoms with Gasteiger partial charge in [0.25, 0.3) is 0 Å². The molecule has 0 spiro atoms. The SMILES string of the molecule is Cc1csc(/C(=N\O)c2csc(C)n2)n1. The summed E-state index contributed by atoms with van der Waals surface area (Å²) in [6.45, 7) is 3.82. The molecule has 0 bridgehead atoms. The molecule has 0 unspecified atom stereocenters. The first kappa shape index (κ1) is 10.3. The van der Waals surface area contributed by atoms with Crippen LogP contribution in [-0.2, 0) is 0 Å². The van der Waals surface area contributed by atoms with Crippen molar-refractivity contribution in [3.8, 4) is 0 Å². The van der Waals surface area contributed by atoms with E-state index in [9.17, 15) is 0 Å². The Morgan fingerprint density at radius 1 is 1.27 bits per heavy atom. The summed E-state index contributed by atoms with van der Waals surface area (Å²) in [6.07, 6.45) is 0. The quantitative estimate of drug-likeness (QED) is 0.497. The van der Waals surface area contributed by atoms with Crippen LogP contribution in [0.4, 0.5) is 0 Å². The standard InChI is InChI=1S/C9H9N3OS2/c1-5-3-15-9(10-5)8(12-13)7-4-14-6(2)11-7/h3-4,13H,1-2H3/b12-8-. The average molecular weight is 239 g/mol. The largest absolute Gasteiger partial charge is 0.410 e. The molecular formula is C9H9N3OS2. The zero-order valence-electron chi connectivity index (χ0n) is 8.26. The maximum Gasteiger partial charge on any atom is 0.164 e. The lowest BCUT2D eigenvalue weighted by Crippen LogP contribution is -2.03. The Hall–Kier alpha value is -1.27. The minimum Gasteiger partial charge on any atom is -0.410 e. The van der Waals surface area contributed by atoms with Crippen molar-refractivity contribution in [3.63, 3.8) is 0 Å². The van der Waals surface area contributed by atoms with E-state index in [-0.39, 0.29) is 0 Å². The second-order valence-corrected chi connectivity index (χ2v) is 4.91. The summed E-state index contributed by atoms with van der Waals surface area (Å²) in [5.41, 5.74) is 2.04. The highest BCUT2D eigenvalue weighted by Crippen LogP contribution is 2.17. The van der Waals surface area contributed by atoms with E-state index in [2.05, 4.69) is 15.1 Å². The smallest absolute Gasteiger partial charge is 0.164 e. The predicted octanol–water partition coefficient (Wildman–Crippen LogP) is 2.44. The van der Waals surface area contributed by atoms with E-state index in [4.69, 9.17) is 5.21 Å². The van der Waals surface area contributed by atoms with Crippen LogP contribution in [0, 0.1) is 13.8 Å². The van der Waals surface area contributed by atoms with Crippen molar-refractivity contribution in [1.29, 1.82) is 0 Å². The van der Waals surface area contributed by atoms with Gasteiger partial charge >= 0.3 is 0 Å². The molecular weight excluding hydrogens is 230 g/mol. The van der Waals surface area contributed by atoms with Crippen LogP contribution in [0.2, 0.25) is 0 Å². The number of hydrogen-bond acceptors (Lipinski definition) is 6. The zero-order valence-corrected chi connectivity index (χ0v) is 9.89. The zero-order chi connectivity index (χ0) is 10.8. The molecule has 0 saturated carbocycles. The molecule has 2 rings (SSSR count). The highest BCUT2D eigenvalue weighted by Gasteiger charge is 2.14. The summed E-state index contributed by atoms with van der Waals surface area (Å²) in [5.74, 6) is 0. The van der Waals surface area contributed by atoms with Gasteiger partial charge in [-0.05, 0) is 13.8 Å². The van der Waals surface area contributed by atoms with Crippen LogP contribution < -0.4 is 0 Å². The molecule has 0 atom stereocenters. The first-order chi connectivity index (χ1) is 7.20. The van der Waals surface area contributed by atoms with Gasteiger partial charge in [-0.15, -0.1) is 22.7 Å². The fraction of sp³-hybridized carbons (Fsp3) is 0.222. The van der Waals surface area contributed by atoms with Crippen molar-refractivity contribution in [1.82, 2.24) is 9.97 Å². The Morgan fingerprint density at radius 2 is 2.07 bits per heavy atom. The van der Waals surface area contributed by atoms with Crippen LogP contribution in [-0.4, -0.2) is 20.9 Å². The molecule has 0 radical (unpaired) electrons. The van der Waals surface area contributed by atoms with Crippen LogP contribution in [0.5, 0.6) is 0 Å². The topological polar surface area (TPSA) is 58.4 Å². The van der Waals surface area contributed by atoms with Crippen LogP contribution in [0.15, 0.2) is 15.9 Å². The Labute approximate surface area is 94.9 Å². The van der Waals surface area contributed by atoms with Crippen molar-refractivity contribution in [2.24, 2.45) is 5.16 Å². The van der Waals surface area contributed by atoms with Gasteiger partial charge in [0, 0.05) is 16.5 Å². The number of rotatable bonds is 2. The van der Waals surface area contributed by atoms with Crippen LogP contribution in [0.1, 0.15) is 21.4 Å². The van der Waals surface area contributed by atoms with E-state index < -0.39 is 0 Å². The monoisotopic (exact) mass is 239 g/mol. The van der Waals surface area contributed by atoms with E-state index in [0.29, 0.717) is 16.4 Å². The van der Waals surface area contributed by atoms with Gasteiger partial charge in [0.05, 0.1) is 5.01 Å². The molecule has 6 heteroatoms. The molecule has 0 saturated heterocycles. The van der Waals surface area contributed by atoms with Gasteiger partial charge in [-0.2, -0.15) is 0 Å². The van der Waals surface area contributed by atoms with Gasteiger partial charge in [0.1, 0.15) is 10.7 Å². The molecule has 78 valence electrons. The van der Waals surface area contributed by atoms with Crippen LogP contribution >= 0.6 is 22.7 Å². The fourth-order valence-electron chi connectivity index (χ4n) is 1.14. The highest BCUT2D eigenvalue weighted by atomic mass is 32.1. The first-order valence-corrected chi connectivity index (χ1v) is 6.03. The Balaban J connectivity index is 2.42. The molecule has 0 fully saturated rings. The molecule has 0 amide bonds. The number of aromatic nitrogens is 2. The average Bonchev–Trinajstić information content (AvgIpc) is 2.78. The molecule has 0 aliphatic rings. The summed E-state index contributed by atoms with van der Waals surface area (Å²) in [7, 11) is 0. The van der Waals surface area contributed by atoms with E-state index in [0.717, 1.165) is 10.7 Å². The Kier molecular flexibility index (Phi) is 2.79. The third-order valence-corrected chi connectivity index (χ3v) is 3.52. The number of nitrogens with zero attached hydrogens (tertiary/aromatic N) is 3. The Morgan fingerprint density at radius 3 is 2.53 bits per heavy atom. The van der Waals surface area contributed by atoms with E-state index in [1.807, 2.05) is 24.6 Å².